The van der Waals surface area contributed by atoms with Gasteiger partial charge in [-0.25, -0.2) is 23.1 Å². The minimum Gasteiger partial charge on any atom is -0.360 e. The molecule has 2 heterocycles. The standard InChI is InChI=1S/C16H23F2N3O3S2Si/c1-4-6-27(3)7-5-24-11-21(14-9-25-10-20-14)26(22,23)16-15(18)12(2)13(17)8-19-16/h8-10,27H,4-7,11H2,1-3H3. The summed E-state index contributed by atoms with van der Waals surface area (Å²) < 4.78 is 60.1. The van der Waals surface area contributed by atoms with Gasteiger partial charge in [-0.15, -0.1) is 11.3 Å². The predicted octanol–water partition coefficient (Wildman–Crippen LogP) is 3.56. The van der Waals surface area contributed by atoms with Crippen LogP contribution in [-0.4, -0.2) is 40.5 Å². The van der Waals surface area contributed by atoms with Crippen molar-refractivity contribution >= 4 is 36.0 Å². The SMILES string of the molecule is CCC[SiH](C)CCOCN(c1cscn1)S(=O)(=O)c1ncc(F)c(C)c1F. The molecule has 0 aliphatic heterocycles. The van der Waals surface area contributed by atoms with Crippen LogP contribution in [0.2, 0.25) is 18.6 Å². The van der Waals surface area contributed by atoms with Gasteiger partial charge in [0.2, 0.25) is 5.03 Å². The highest BCUT2D eigenvalue weighted by Gasteiger charge is 2.32. The van der Waals surface area contributed by atoms with Crippen molar-refractivity contribution in [2.24, 2.45) is 0 Å². The van der Waals surface area contributed by atoms with Gasteiger partial charge < -0.3 is 4.74 Å². The molecule has 0 aliphatic carbocycles. The summed E-state index contributed by atoms with van der Waals surface area (Å²) in [4.78, 5) is 7.46. The van der Waals surface area contributed by atoms with E-state index in [-0.39, 0.29) is 12.5 Å². The zero-order chi connectivity index (χ0) is 20.0. The first-order valence-corrected chi connectivity index (χ1v) is 13.7. The van der Waals surface area contributed by atoms with Gasteiger partial charge in [-0.3, -0.25) is 0 Å². The molecule has 0 bridgehead atoms. The molecular weight excluding hydrogens is 412 g/mol. The van der Waals surface area contributed by atoms with Gasteiger partial charge in [0.1, 0.15) is 12.5 Å². The van der Waals surface area contributed by atoms with Crippen molar-refractivity contribution in [2.75, 3.05) is 17.6 Å². The highest BCUT2D eigenvalue weighted by Crippen LogP contribution is 2.25. The van der Waals surface area contributed by atoms with Crippen molar-refractivity contribution in [1.29, 1.82) is 0 Å². The summed E-state index contributed by atoms with van der Waals surface area (Å²) >= 11 is 1.20. The summed E-state index contributed by atoms with van der Waals surface area (Å²) in [5.74, 6) is -2.00. The van der Waals surface area contributed by atoms with Crippen LogP contribution in [0.25, 0.3) is 0 Å². The van der Waals surface area contributed by atoms with Crippen LogP contribution in [-0.2, 0) is 14.8 Å². The quantitative estimate of drug-likeness (QED) is 0.324. The monoisotopic (exact) mass is 435 g/mol. The van der Waals surface area contributed by atoms with E-state index in [9.17, 15) is 17.2 Å². The maximum Gasteiger partial charge on any atom is 0.287 e. The lowest BCUT2D eigenvalue weighted by atomic mass is 10.3. The summed E-state index contributed by atoms with van der Waals surface area (Å²) in [5, 5.41) is 0.677. The van der Waals surface area contributed by atoms with Crippen molar-refractivity contribution in [1.82, 2.24) is 9.97 Å². The fourth-order valence-corrected chi connectivity index (χ4v) is 6.26. The highest BCUT2D eigenvalue weighted by molar-refractivity contribution is 7.92. The molecule has 1 atom stereocenters. The molecule has 150 valence electrons. The van der Waals surface area contributed by atoms with E-state index in [2.05, 4.69) is 23.4 Å². The molecule has 0 saturated heterocycles. The van der Waals surface area contributed by atoms with Crippen molar-refractivity contribution in [2.45, 2.75) is 43.9 Å². The summed E-state index contributed by atoms with van der Waals surface area (Å²) in [6, 6.07) is 2.11. The third-order valence-electron chi connectivity index (χ3n) is 4.12. The number of thiazole rings is 1. The Hall–Kier alpha value is -1.43. The van der Waals surface area contributed by atoms with Crippen LogP contribution >= 0.6 is 11.3 Å². The molecule has 0 N–H and O–H groups in total. The van der Waals surface area contributed by atoms with Crippen molar-refractivity contribution < 1.29 is 21.9 Å². The molecule has 0 amide bonds. The van der Waals surface area contributed by atoms with Crippen LogP contribution < -0.4 is 4.31 Å². The lowest BCUT2D eigenvalue weighted by Crippen LogP contribution is -2.35. The van der Waals surface area contributed by atoms with E-state index in [4.69, 9.17) is 4.74 Å². The molecule has 0 radical (unpaired) electrons. The van der Waals surface area contributed by atoms with Gasteiger partial charge in [0, 0.05) is 26.3 Å². The Labute approximate surface area is 163 Å². The zero-order valence-corrected chi connectivity index (χ0v) is 18.3. The Bertz CT molecular complexity index is 851. The van der Waals surface area contributed by atoms with E-state index in [1.807, 2.05) is 0 Å². The van der Waals surface area contributed by atoms with E-state index in [1.54, 1.807) is 0 Å². The van der Waals surface area contributed by atoms with Crippen molar-refractivity contribution in [3.63, 3.8) is 0 Å². The number of hydrogen-bond donors (Lipinski definition) is 0. The molecule has 6 nitrogen and oxygen atoms in total. The first kappa shape index (κ1) is 21.9. The van der Waals surface area contributed by atoms with Crippen LogP contribution in [0.15, 0.2) is 22.1 Å². The second-order valence-corrected chi connectivity index (χ2v) is 12.1. The summed E-state index contributed by atoms with van der Waals surface area (Å²) in [6.45, 7) is 5.64. The largest absolute Gasteiger partial charge is 0.360 e. The zero-order valence-electron chi connectivity index (χ0n) is 15.5. The molecule has 0 fully saturated rings. The number of aromatic nitrogens is 2. The summed E-state index contributed by atoms with van der Waals surface area (Å²) in [5.41, 5.74) is 1.07. The number of anilines is 1. The Morgan fingerprint density at radius 1 is 1.30 bits per heavy atom. The van der Waals surface area contributed by atoms with Gasteiger partial charge in [0.15, 0.2) is 11.6 Å². The van der Waals surface area contributed by atoms with Gasteiger partial charge in [0.05, 0.1) is 11.7 Å². The molecule has 2 rings (SSSR count). The molecule has 0 aromatic carbocycles. The highest BCUT2D eigenvalue weighted by atomic mass is 32.2. The van der Waals surface area contributed by atoms with Gasteiger partial charge in [-0.1, -0.05) is 25.9 Å². The molecule has 0 aliphatic rings. The van der Waals surface area contributed by atoms with Crippen LogP contribution in [0.4, 0.5) is 14.6 Å². The Morgan fingerprint density at radius 3 is 2.67 bits per heavy atom. The minimum atomic E-state index is -4.39. The van der Waals surface area contributed by atoms with Crippen molar-refractivity contribution in [3.05, 3.63) is 34.3 Å². The van der Waals surface area contributed by atoms with E-state index in [0.717, 1.165) is 23.7 Å². The molecular formula is C16H23F2N3O3S2Si. The van der Waals surface area contributed by atoms with E-state index in [1.165, 1.54) is 28.3 Å². The summed E-state index contributed by atoms with van der Waals surface area (Å²) in [7, 11) is -5.26. The average molecular weight is 436 g/mol. The summed E-state index contributed by atoms with van der Waals surface area (Å²) in [6.07, 6.45) is 1.82. The molecule has 2 aromatic rings. The van der Waals surface area contributed by atoms with Gasteiger partial charge in [-0.05, 0) is 13.0 Å². The number of sulfonamides is 1. The molecule has 1 unspecified atom stereocenters. The first-order chi connectivity index (χ1) is 12.8. The fraction of sp³-hybridized carbons (Fsp3) is 0.500. The molecule has 0 spiro atoms. The normalized spacial score (nSPS) is 12.9. The number of rotatable bonds is 10. The van der Waals surface area contributed by atoms with Crippen molar-refractivity contribution in [3.8, 4) is 0 Å². The van der Waals surface area contributed by atoms with Crippen LogP contribution in [0, 0.1) is 18.6 Å². The average Bonchev–Trinajstić information content (AvgIpc) is 3.13. The lowest BCUT2D eigenvalue weighted by molar-refractivity contribution is 0.156. The number of nitrogens with zero attached hydrogens (tertiary/aromatic N) is 3. The maximum atomic E-state index is 14.4. The molecule has 0 saturated carbocycles. The molecule has 11 heteroatoms. The van der Waals surface area contributed by atoms with Crippen LogP contribution in [0.3, 0.4) is 0 Å². The number of hydrogen-bond acceptors (Lipinski definition) is 6. The van der Waals surface area contributed by atoms with Gasteiger partial charge >= 0.3 is 0 Å². The van der Waals surface area contributed by atoms with Crippen LogP contribution in [0.5, 0.6) is 0 Å². The topological polar surface area (TPSA) is 72.4 Å². The number of ether oxygens (including phenoxy) is 1. The molecule has 27 heavy (non-hydrogen) atoms. The van der Waals surface area contributed by atoms with E-state index < -0.39 is 41.0 Å². The third-order valence-corrected chi connectivity index (χ3v) is 9.13. The Balaban J connectivity index is 2.23. The maximum absolute atomic E-state index is 14.4. The number of pyridine rings is 1. The van der Waals surface area contributed by atoms with E-state index in [0.29, 0.717) is 12.8 Å². The second kappa shape index (κ2) is 9.67. The minimum absolute atomic E-state index is 0.113. The smallest absolute Gasteiger partial charge is 0.287 e. The molecule has 2 aromatic heterocycles. The Morgan fingerprint density at radius 2 is 2.04 bits per heavy atom. The fourth-order valence-electron chi connectivity index (χ4n) is 2.48. The predicted molar refractivity (Wildman–Crippen MR) is 104 cm³/mol. The lowest BCUT2D eigenvalue weighted by Gasteiger charge is -2.22. The first-order valence-electron chi connectivity index (χ1n) is 8.58. The Kier molecular flexibility index (Phi) is 7.83. The number of halogens is 2. The van der Waals surface area contributed by atoms with E-state index >= 15 is 0 Å². The van der Waals surface area contributed by atoms with Gasteiger partial charge in [0.25, 0.3) is 10.0 Å². The third kappa shape index (κ3) is 5.30. The van der Waals surface area contributed by atoms with Gasteiger partial charge in [-0.2, -0.15) is 8.42 Å². The van der Waals surface area contributed by atoms with Crippen LogP contribution in [0.1, 0.15) is 18.9 Å². The second-order valence-electron chi connectivity index (χ2n) is 6.27.